The maximum Gasteiger partial charge on any atom is 0.189 e. The zero-order valence-corrected chi connectivity index (χ0v) is 16.0. The Morgan fingerprint density at radius 1 is 1.07 bits per heavy atom. The van der Waals surface area contributed by atoms with Gasteiger partial charge in [0.2, 0.25) is 0 Å². The van der Waals surface area contributed by atoms with Crippen LogP contribution in [0.2, 0.25) is 0 Å². The first kappa shape index (κ1) is 17.5. The number of fused-ring (bicyclic) bond motifs is 1. The summed E-state index contributed by atoms with van der Waals surface area (Å²) >= 11 is 1.65. The summed E-state index contributed by atoms with van der Waals surface area (Å²) in [5, 5.41) is 4.11. The number of benzene rings is 1. The molecule has 0 saturated heterocycles. The maximum atomic E-state index is 13.0. The van der Waals surface area contributed by atoms with Gasteiger partial charge in [0.25, 0.3) is 0 Å². The molecule has 0 amide bonds. The van der Waals surface area contributed by atoms with E-state index in [-0.39, 0.29) is 5.78 Å². The van der Waals surface area contributed by atoms with Crippen molar-refractivity contribution in [2.45, 2.75) is 12.8 Å². The Hall–Kier alpha value is -2.92. The zero-order valence-electron chi connectivity index (χ0n) is 15.2. The SMILES string of the molecule is COc1cc2c(cc1OC)C(=O)/C(=C/c1ccc(-c3ccsc3)nc1)CC2. The Morgan fingerprint density at radius 2 is 1.89 bits per heavy atom. The lowest BCUT2D eigenvalue weighted by atomic mass is 9.85. The molecule has 0 N–H and O–H groups in total. The lowest BCUT2D eigenvalue weighted by Crippen LogP contribution is -2.14. The molecule has 3 aromatic rings. The predicted molar refractivity (Wildman–Crippen MR) is 108 cm³/mol. The van der Waals surface area contributed by atoms with Gasteiger partial charge in [-0.15, -0.1) is 0 Å². The minimum Gasteiger partial charge on any atom is -0.493 e. The average Bonchev–Trinajstić information content (AvgIpc) is 3.24. The van der Waals surface area contributed by atoms with Crippen LogP contribution in [0.25, 0.3) is 17.3 Å². The molecule has 2 heterocycles. The third-order valence-electron chi connectivity index (χ3n) is 4.75. The van der Waals surface area contributed by atoms with Gasteiger partial charge in [0.15, 0.2) is 17.3 Å². The molecule has 0 spiro atoms. The smallest absolute Gasteiger partial charge is 0.189 e. The van der Waals surface area contributed by atoms with Crippen LogP contribution in [-0.4, -0.2) is 25.0 Å². The average molecular weight is 377 g/mol. The summed E-state index contributed by atoms with van der Waals surface area (Å²) in [4.78, 5) is 17.5. The highest BCUT2D eigenvalue weighted by Gasteiger charge is 2.24. The Balaban J connectivity index is 1.63. The van der Waals surface area contributed by atoms with E-state index < -0.39 is 0 Å². The van der Waals surface area contributed by atoms with Crippen LogP contribution < -0.4 is 9.47 Å². The van der Waals surface area contributed by atoms with Gasteiger partial charge in [0, 0.05) is 28.3 Å². The molecule has 0 radical (unpaired) electrons. The van der Waals surface area contributed by atoms with E-state index in [9.17, 15) is 4.79 Å². The molecule has 0 bridgehead atoms. The highest BCUT2D eigenvalue weighted by Crippen LogP contribution is 2.36. The summed E-state index contributed by atoms with van der Waals surface area (Å²) in [6, 6.07) is 9.73. The summed E-state index contributed by atoms with van der Waals surface area (Å²) in [7, 11) is 3.18. The van der Waals surface area contributed by atoms with Crippen molar-refractivity contribution >= 4 is 23.2 Å². The van der Waals surface area contributed by atoms with E-state index in [2.05, 4.69) is 10.4 Å². The Labute approximate surface area is 162 Å². The van der Waals surface area contributed by atoms with E-state index >= 15 is 0 Å². The molecule has 2 aromatic heterocycles. The second kappa shape index (κ2) is 7.37. The van der Waals surface area contributed by atoms with E-state index in [1.54, 1.807) is 31.6 Å². The van der Waals surface area contributed by atoms with Crippen LogP contribution in [-0.2, 0) is 6.42 Å². The van der Waals surface area contributed by atoms with Crippen molar-refractivity contribution in [3.05, 3.63) is 69.6 Å². The summed E-state index contributed by atoms with van der Waals surface area (Å²) in [6.45, 7) is 0. The van der Waals surface area contributed by atoms with Crippen molar-refractivity contribution in [1.82, 2.24) is 4.98 Å². The van der Waals surface area contributed by atoms with E-state index in [0.29, 0.717) is 23.5 Å². The molecular weight excluding hydrogens is 358 g/mol. The predicted octanol–water partition coefficient (Wildman–Crippen LogP) is 5.04. The molecule has 1 aromatic carbocycles. The monoisotopic (exact) mass is 377 g/mol. The number of ether oxygens (including phenoxy) is 2. The highest BCUT2D eigenvalue weighted by atomic mass is 32.1. The number of carbonyl (C=O) groups excluding carboxylic acids is 1. The Bertz CT molecular complexity index is 1000. The maximum absolute atomic E-state index is 13.0. The molecule has 27 heavy (non-hydrogen) atoms. The summed E-state index contributed by atoms with van der Waals surface area (Å²) < 4.78 is 10.7. The quantitative estimate of drug-likeness (QED) is 0.598. The number of carbonyl (C=O) groups is 1. The standard InChI is InChI=1S/C22H19NO3S/c1-25-20-10-15-4-5-16(22(24)18(15)11-21(20)26-2)9-14-3-6-19(23-12-14)17-7-8-27-13-17/h3,6-13H,4-5H2,1-2H3/b16-9+. The van der Waals surface area contributed by atoms with Gasteiger partial charge >= 0.3 is 0 Å². The number of thiophene rings is 1. The topological polar surface area (TPSA) is 48.4 Å². The van der Waals surface area contributed by atoms with Crippen LogP contribution in [0.3, 0.4) is 0 Å². The number of nitrogens with zero attached hydrogens (tertiary/aromatic N) is 1. The van der Waals surface area contributed by atoms with Crippen molar-refractivity contribution in [2.75, 3.05) is 14.2 Å². The molecule has 0 atom stereocenters. The fraction of sp³-hybridized carbons (Fsp3) is 0.182. The Kier molecular flexibility index (Phi) is 4.77. The van der Waals surface area contributed by atoms with Crippen LogP contribution in [0, 0.1) is 0 Å². The molecule has 136 valence electrons. The van der Waals surface area contributed by atoms with Gasteiger partial charge in [0.05, 0.1) is 19.9 Å². The normalized spacial score (nSPS) is 14.9. The molecular formula is C22H19NO3S. The number of aromatic nitrogens is 1. The minimum absolute atomic E-state index is 0.0408. The molecule has 4 rings (SSSR count). The number of hydrogen-bond acceptors (Lipinski definition) is 5. The molecule has 1 aliphatic carbocycles. The molecule has 0 aliphatic heterocycles. The third kappa shape index (κ3) is 3.38. The van der Waals surface area contributed by atoms with Gasteiger partial charge < -0.3 is 9.47 Å². The number of pyridine rings is 1. The van der Waals surface area contributed by atoms with Gasteiger partial charge in [0.1, 0.15) is 0 Å². The first-order chi connectivity index (χ1) is 13.2. The van der Waals surface area contributed by atoms with Crippen LogP contribution in [0.15, 0.2) is 52.9 Å². The number of aryl methyl sites for hydroxylation is 1. The first-order valence-corrected chi connectivity index (χ1v) is 9.62. The van der Waals surface area contributed by atoms with Crippen molar-refractivity contribution in [3.63, 3.8) is 0 Å². The van der Waals surface area contributed by atoms with E-state index in [1.807, 2.05) is 41.9 Å². The fourth-order valence-electron chi connectivity index (χ4n) is 3.31. The van der Waals surface area contributed by atoms with Gasteiger partial charge in [-0.1, -0.05) is 6.07 Å². The van der Waals surface area contributed by atoms with Crippen LogP contribution in [0.4, 0.5) is 0 Å². The molecule has 4 nitrogen and oxygen atoms in total. The van der Waals surface area contributed by atoms with Crippen molar-refractivity contribution in [1.29, 1.82) is 0 Å². The van der Waals surface area contributed by atoms with Crippen LogP contribution in [0.1, 0.15) is 27.9 Å². The molecule has 1 aliphatic rings. The van der Waals surface area contributed by atoms with Crippen molar-refractivity contribution in [2.24, 2.45) is 0 Å². The highest BCUT2D eigenvalue weighted by molar-refractivity contribution is 7.08. The number of ketones is 1. The van der Waals surface area contributed by atoms with E-state index in [0.717, 1.165) is 34.4 Å². The van der Waals surface area contributed by atoms with Gasteiger partial charge in [-0.3, -0.25) is 9.78 Å². The number of hydrogen-bond donors (Lipinski definition) is 0. The number of rotatable bonds is 4. The second-order valence-electron chi connectivity index (χ2n) is 6.35. The van der Waals surface area contributed by atoms with Gasteiger partial charge in [-0.05, 0) is 59.7 Å². The zero-order chi connectivity index (χ0) is 18.8. The van der Waals surface area contributed by atoms with Crippen molar-refractivity contribution < 1.29 is 14.3 Å². The largest absolute Gasteiger partial charge is 0.493 e. The fourth-order valence-corrected chi connectivity index (χ4v) is 3.96. The number of Topliss-reactive ketones (excluding diaryl/α,β-unsaturated/α-hetero) is 1. The third-order valence-corrected chi connectivity index (χ3v) is 5.44. The lowest BCUT2D eigenvalue weighted by molar-refractivity contribution is 0.102. The second-order valence-corrected chi connectivity index (χ2v) is 7.13. The molecule has 0 unspecified atom stereocenters. The van der Waals surface area contributed by atoms with Gasteiger partial charge in [-0.25, -0.2) is 0 Å². The number of methoxy groups -OCH3 is 2. The lowest BCUT2D eigenvalue weighted by Gasteiger charge is -2.20. The van der Waals surface area contributed by atoms with Crippen molar-refractivity contribution in [3.8, 4) is 22.8 Å². The summed E-state index contributed by atoms with van der Waals surface area (Å²) in [5.41, 5.74) is 5.47. The molecule has 0 saturated carbocycles. The minimum atomic E-state index is 0.0408. The summed E-state index contributed by atoms with van der Waals surface area (Å²) in [6.07, 6.45) is 5.26. The molecule has 0 fully saturated rings. The first-order valence-electron chi connectivity index (χ1n) is 8.68. The summed E-state index contributed by atoms with van der Waals surface area (Å²) in [5.74, 6) is 1.27. The van der Waals surface area contributed by atoms with E-state index in [4.69, 9.17) is 9.47 Å². The number of allylic oxidation sites excluding steroid dienone is 1. The Morgan fingerprint density at radius 3 is 2.56 bits per heavy atom. The van der Waals surface area contributed by atoms with Gasteiger partial charge in [-0.2, -0.15) is 11.3 Å². The molecule has 5 heteroatoms. The van der Waals surface area contributed by atoms with Crippen LogP contribution >= 0.6 is 11.3 Å². The van der Waals surface area contributed by atoms with E-state index in [1.165, 1.54) is 0 Å². The van der Waals surface area contributed by atoms with Crippen LogP contribution in [0.5, 0.6) is 11.5 Å².